The van der Waals surface area contributed by atoms with E-state index >= 15 is 0 Å². The maximum atomic E-state index is 10.3. The largest absolute Gasteiger partial charge is 0.497 e. The Balaban J connectivity index is 1.95. The average molecular weight is 249 g/mol. The number of rotatable bonds is 4. The average Bonchev–Trinajstić information content (AvgIpc) is 2.67. The van der Waals surface area contributed by atoms with Crippen molar-refractivity contribution in [2.24, 2.45) is 0 Å². The molecule has 1 unspecified atom stereocenters. The minimum Gasteiger partial charge on any atom is -0.497 e. The lowest BCUT2D eigenvalue weighted by Gasteiger charge is -2.23. The molecule has 1 saturated heterocycles. The first-order valence-electron chi connectivity index (χ1n) is 6.84. The van der Waals surface area contributed by atoms with Crippen LogP contribution < -0.4 is 4.74 Å². The van der Waals surface area contributed by atoms with Crippen molar-refractivity contribution >= 4 is 0 Å². The minimum absolute atomic E-state index is 0.418. The maximum absolute atomic E-state index is 10.3. The Bertz CT molecular complexity index is 359. The number of aliphatic hydroxyl groups excluding tert-OH is 1. The van der Waals surface area contributed by atoms with E-state index in [9.17, 15) is 5.11 Å². The lowest BCUT2D eigenvalue weighted by molar-refractivity contribution is 0.115. The molecule has 2 rings (SSSR count). The van der Waals surface area contributed by atoms with Crippen LogP contribution in [0.5, 0.6) is 5.75 Å². The Kier molecular flexibility index (Phi) is 5.02. The molecule has 1 heterocycles. The fourth-order valence-electron chi connectivity index (χ4n) is 2.52. The van der Waals surface area contributed by atoms with Crippen molar-refractivity contribution in [1.82, 2.24) is 4.90 Å². The molecular weight excluding hydrogens is 226 g/mol. The molecule has 100 valence electrons. The lowest BCUT2D eigenvalue weighted by Crippen LogP contribution is -2.29. The van der Waals surface area contributed by atoms with Gasteiger partial charge in [0.15, 0.2) is 0 Å². The highest BCUT2D eigenvalue weighted by Crippen LogP contribution is 2.21. The predicted octanol–water partition coefficient (Wildman–Crippen LogP) is 2.60. The molecule has 0 radical (unpaired) electrons. The second kappa shape index (κ2) is 6.76. The van der Waals surface area contributed by atoms with Crippen molar-refractivity contribution in [3.05, 3.63) is 29.8 Å². The number of nitrogens with zero attached hydrogens (tertiary/aromatic N) is 1. The SMILES string of the molecule is COc1cccc(C(O)CN2CCCCCC2)c1. The molecule has 1 atom stereocenters. The topological polar surface area (TPSA) is 32.7 Å². The minimum atomic E-state index is -0.418. The standard InChI is InChI=1S/C15H23NO2/c1-18-14-8-6-7-13(11-14)15(17)12-16-9-4-2-3-5-10-16/h6-8,11,15,17H,2-5,9-10,12H2,1H3. The molecule has 1 N–H and O–H groups in total. The molecule has 1 aromatic carbocycles. The van der Waals surface area contributed by atoms with E-state index < -0.39 is 6.10 Å². The fraction of sp³-hybridized carbons (Fsp3) is 0.600. The zero-order valence-corrected chi connectivity index (χ0v) is 11.1. The van der Waals surface area contributed by atoms with Crippen LogP contribution in [0.25, 0.3) is 0 Å². The van der Waals surface area contributed by atoms with Crippen LogP contribution in [0.4, 0.5) is 0 Å². The van der Waals surface area contributed by atoms with Gasteiger partial charge in [0.25, 0.3) is 0 Å². The van der Waals surface area contributed by atoms with E-state index in [0.29, 0.717) is 0 Å². The van der Waals surface area contributed by atoms with Crippen molar-refractivity contribution < 1.29 is 9.84 Å². The van der Waals surface area contributed by atoms with Crippen LogP contribution in [0.15, 0.2) is 24.3 Å². The van der Waals surface area contributed by atoms with Gasteiger partial charge in [-0.1, -0.05) is 25.0 Å². The molecule has 0 bridgehead atoms. The number of β-amino-alcohol motifs (C(OH)–C–C–N with tert-alkyl or cyclic N) is 1. The van der Waals surface area contributed by atoms with E-state index in [1.165, 1.54) is 25.7 Å². The summed E-state index contributed by atoms with van der Waals surface area (Å²) in [6.07, 6.45) is 4.74. The fourth-order valence-corrected chi connectivity index (χ4v) is 2.52. The van der Waals surface area contributed by atoms with Crippen LogP contribution >= 0.6 is 0 Å². The molecule has 1 aliphatic rings. The molecule has 0 aliphatic carbocycles. The normalized spacial score (nSPS) is 19.2. The highest BCUT2D eigenvalue weighted by Gasteiger charge is 2.15. The first kappa shape index (κ1) is 13.4. The molecule has 0 spiro atoms. The number of likely N-dealkylation sites (tertiary alicyclic amines) is 1. The molecule has 1 aliphatic heterocycles. The van der Waals surface area contributed by atoms with Gasteiger partial charge in [0.2, 0.25) is 0 Å². The summed E-state index contributed by atoms with van der Waals surface area (Å²) in [5.74, 6) is 0.808. The highest BCUT2D eigenvalue weighted by molar-refractivity contribution is 5.29. The molecule has 1 fully saturated rings. The Morgan fingerprint density at radius 1 is 1.22 bits per heavy atom. The third-order valence-corrected chi connectivity index (χ3v) is 3.61. The van der Waals surface area contributed by atoms with Gasteiger partial charge >= 0.3 is 0 Å². The smallest absolute Gasteiger partial charge is 0.119 e. The van der Waals surface area contributed by atoms with Gasteiger partial charge < -0.3 is 14.7 Å². The quantitative estimate of drug-likeness (QED) is 0.890. The van der Waals surface area contributed by atoms with Gasteiger partial charge in [-0.15, -0.1) is 0 Å². The first-order valence-corrected chi connectivity index (χ1v) is 6.84. The monoisotopic (exact) mass is 249 g/mol. The van der Waals surface area contributed by atoms with Crippen molar-refractivity contribution in [2.75, 3.05) is 26.7 Å². The van der Waals surface area contributed by atoms with E-state index in [1.54, 1.807) is 7.11 Å². The Hall–Kier alpha value is -1.06. The number of benzene rings is 1. The zero-order chi connectivity index (χ0) is 12.8. The number of hydrogen-bond donors (Lipinski definition) is 1. The van der Waals surface area contributed by atoms with E-state index in [0.717, 1.165) is 30.9 Å². The van der Waals surface area contributed by atoms with E-state index in [4.69, 9.17) is 4.74 Å². The zero-order valence-electron chi connectivity index (χ0n) is 11.1. The number of methoxy groups -OCH3 is 1. The first-order chi connectivity index (χ1) is 8.79. The summed E-state index contributed by atoms with van der Waals surface area (Å²) in [5, 5.41) is 10.3. The van der Waals surface area contributed by atoms with Gasteiger partial charge in [0, 0.05) is 6.54 Å². The summed E-state index contributed by atoms with van der Waals surface area (Å²) in [4.78, 5) is 2.37. The molecule has 0 aromatic heterocycles. The van der Waals surface area contributed by atoms with Crippen LogP contribution in [0.3, 0.4) is 0 Å². The van der Waals surface area contributed by atoms with Gasteiger partial charge in [-0.05, 0) is 43.6 Å². The van der Waals surface area contributed by atoms with Crippen LogP contribution in [-0.2, 0) is 0 Å². The van der Waals surface area contributed by atoms with Crippen molar-refractivity contribution in [3.8, 4) is 5.75 Å². The van der Waals surface area contributed by atoms with Crippen molar-refractivity contribution in [1.29, 1.82) is 0 Å². The summed E-state index contributed by atoms with van der Waals surface area (Å²) in [7, 11) is 1.65. The summed E-state index contributed by atoms with van der Waals surface area (Å²) < 4.78 is 5.19. The third kappa shape index (κ3) is 3.72. The predicted molar refractivity (Wildman–Crippen MR) is 72.9 cm³/mol. The Labute approximate surface area is 109 Å². The number of hydrogen-bond acceptors (Lipinski definition) is 3. The number of aliphatic hydroxyl groups is 1. The Morgan fingerprint density at radius 2 is 1.94 bits per heavy atom. The van der Waals surface area contributed by atoms with E-state index in [1.807, 2.05) is 24.3 Å². The summed E-state index contributed by atoms with van der Waals surface area (Å²) in [5.41, 5.74) is 0.943. The summed E-state index contributed by atoms with van der Waals surface area (Å²) in [6, 6.07) is 7.72. The van der Waals surface area contributed by atoms with Crippen molar-refractivity contribution in [2.45, 2.75) is 31.8 Å². The van der Waals surface area contributed by atoms with Crippen LogP contribution in [0, 0.1) is 0 Å². The molecule has 3 nitrogen and oxygen atoms in total. The highest BCUT2D eigenvalue weighted by atomic mass is 16.5. The summed E-state index contributed by atoms with van der Waals surface area (Å²) in [6.45, 7) is 2.95. The van der Waals surface area contributed by atoms with E-state index in [2.05, 4.69) is 4.90 Å². The van der Waals surface area contributed by atoms with Crippen molar-refractivity contribution in [3.63, 3.8) is 0 Å². The van der Waals surface area contributed by atoms with Gasteiger partial charge in [0.05, 0.1) is 13.2 Å². The van der Waals surface area contributed by atoms with Crippen LogP contribution in [-0.4, -0.2) is 36.8 Å². The number of ether oxygens (including phenoxy) is 1. The lowest BCUT2D eigenvalue weighted by atomic mass is 10.1. The second-order valence-corrected chi connectivity index (χ2v) is 5.01. The Morgan fingerprint density at radius 3 is 2.61 bits per heavy atom. The van der Waals surface area contributed by atoms with Gasteiger partial charge in [-0.2, -0.15) is 0 Å². The van der Waals surface area contributed by atoms with Gasteiger partial charge in [-0.3, -0.25) is 0 Å². The molecule has 18 heavy (non-hydrogen) atoms. The second-order valence-electron chi connectivity index (χ2n) is 5.01. The molecule has 3 heteroatoms. The van der Waals surface area contributed by atoms with Gasteiger partial charge in [0.1, 0.15) is 5.75 Å². The molecular formula is C15H23NO2. The third-order valence-electron chi connectivity index (χ3n) is 3.61. The van der Waals surface area contributed by atoms with E-state index in [-0.39, 0.29) is 0 Å². The van der Waals surface area contributed by atoms with Gasteiger partial charge in [-0.25, -0.2) is 0 Å². The van der Waals surface area contributed by atoms with Crippen LogP contribution in [0.2, 0.25) is 0 Å². The summed E-state index contributed by atoms with van der Waals surface area (Å²) >= 11 is 0. The molecule has 0 amide bonds. The molecule has 1 aromatic rings. The maximum Gasteiger partial charge on any atom is 0.119 e. The molecule has 0 saturated carbocycles. The van der Waals surface area contributed by atoms with Crippen LogP contribution in [0.1, 0.15) is 37.4 Å².